The molecule has 0 aromatic carbocycles. The molecule has 1 saturated carbocycles. The van der Waals surface area contributed by atoms with Gasteiger partial charge in [-0.15, -0.1) is 0 Å². The molecular formula is C18H31NO4. The third kappa shape index (κ3) is 2.87. The molecule has 5 nitrogen and oxygen atoms in total. The molecule has 3 aliphatic rings. The smallest absolute Gasteiger partial charge is 0.116 e. The lowest BCUT2D eigenvalue weighted by Crippen LogP contribution is -2.65. The van der Waals surface area contributed by atoms with Crippen LogP contribution in [0, 0.1) is 11.8 Å². The first-order chi connectivity index (χ1) is 11.0. The molecular weight excluding hydrogens is 294 g/mol. The normalized spacial score (nSPS) is 47.2. The second kappa shape index (κ2) is 6.81. The Bertz CT molecular complexity index is 443. The van der Waals surface area contributed by atoms with Gasteiger partial charge in [0.2, 0.25) is 0 Å². The predicted octanol–water partition coefficient (Wildman–Crippen LogP) is 2.06. The largest absolute Gasteiger partial charge is 0.381 e. The van der Waals surface area contributed by atoms with Crippen molar-refractivity contribution in [3.8, 4) is 0 Å². The quantitative estimate of drug-likeness (QED) is 0.740. The van der Waals surface area contributed by atoms with Crippen LogP contribution in [0.5, 0.6) is 0 Å². The van der Waals surface area contributed by atoms with Crippen LogP contribution in [0.4, 0.5) is 0 Å². The highest BCUT2D eigenvalue weighted by atomic mass is 16.5. The van der Waals surface area contributed by atoms with E-state index in [0.717, 1.165) is 24.8 Å². The van der Waals surface area contributed by atoms with Crippen molar-refractivity contribution in [2.45, 2.75) is 62.9 Å². The summed E-state index contributed by atoms with van der Waals surface area (Å²) in [5.74, 6) is 0.781. The molecule has 2 heterocycles. The summed E-state index contributed by atoms with van der Waals surface area (Å²) < 4.78 is 23.8. The van der Waals surface area contributed by atoms with Crippen LogP contribution in [-0.2, 0) is 18.9 Å². The molecule has 0 spiro atoms. The Kier molecular flexibility index (Phi) is 5.14. The first kappa shape index (κ1) is 17.4. The third-order valence-electron chi connectivity index (χ3n) is 6.18. The summed E-state index contributed by atoms with van der Waals surface area (Å²) in [4.78, 5) is 2.38. The zero-order valence-electron chi connectivity index (χ0n) is 15.0. The maximum Gasteiger partial charge on any atom is 0.116 e. The van der Waals surface area contributed by atoms with Crippen LogP contribution >= 0.6 is 0 Å². The molecule has 0 N–H and O–H groups in total. The lowest BCUT2D eigenvalue weighted by atomic mass is 9.69. The molecule has 8 atom stereocenters. The third-order valence-corrected chi connectivity index (χ3v) is 6.18. The van der Waals surface area contributed by atoms with Crippen LogP contribution < -0.4 is 0 Å². The van der Waals surface area contributed by atoms with E-state index in [-0.39, 0.29) is 30.6 Å². The van der Waals surface area contributed by atoms with Gasteiger partial charge in [-0.2, -0.15) is 0 Å². The molecule has 23 heavy (non-hydrogen) atoms. The van der Waals surface area contributed by atoms with E-state index in [1.54, 1.807) is 14.2 Å². The van der Waals surface area contributed by atoms with Gasteiger partial charge in [0, 0.05) is 45.6 Å². The van der Waals surface area contributed by atoms with Gasteiger partial charge < -0.3 is 18.9 Å². The summed E-state index contributed by atoms with van der Waals surface area (Å²) in [6.45, 7) is 6.14. The van der Waals surface area contributed by atoms with Gasteiger partial charge in [-0.05, 0) is 26.8 Å². The summed E-state index contributed by atoms with van der Waals surface area (Å²) >= 11 is 0. The first-order valence-corrected chi connectivity index (χ1v) is 8.63. The minimum atomic E-state index is 0.0830. The summed E-state index contributed by atoms with van der Waals surface area (Å²) in [6.07, 6.45) is 3.71. The summed E-state index contributed by atoms with van der Waals surface area (Å²) in [7, 11) is 7.59. The highest BCUT2D eigenvalue weighted by molar-refractivity contribution is 5.10. The molecule has 0 amide bonds. The van der Waals surface area contributed by atoms with Gasteiger partial charge in [0.1, 0.15) is 6.23 Å². The molecule has 0 bridgehead atoms. The van der Waals surface area contributed by atoms with Gasteiger partial charge >= 0.3 is 0 Å². The second-order valence-corrected chi connectivity index (χ2v) is 7.38. The van der Waals surface area contributed by atoms with E-state index in [2.05, 4.69) is 25.5 Å². The highest BCUT2D eigenvalue weighted by Crippen LogP contribution is 2.48. The van der Waals surface area contributed by atoms with Crippen LogP contribution in [0.1, 0.15) is 26.2 Å². The van der Waals surface area contributed by atoms with Crippen molar-refractivity contribution < 1.29 is 18.9 Å². The Morgan fingerprint density at radius 2 is 1.78 bits per heavy atom. The Morgan fingerprint density at radius 3 is 2.35 bits per heavy atom. The average molecular weight is 325 g/mol. The Hall–Kier alpha value is -0.460. The molecule has 0 aromatic rings. The average Bonchev–Trinajstić information content (AvgIpc) is 2.99. The van der Waals surface area contributed by atoms with Crippen molar-refractivity contribution in [1.29, 1.82) is 0 Å². The Balaban J connectivity index is 1.90. The number of piperidine rings is 1. The van der Waals surface area contributed by atoms with E-state index < -0.39 is 0 Å². The van der Waals surface area contributed by atoms with Gasteiger partial charge in [0.25, 0.3) is 0 Å². The fraction of sp³-hybridized carbons (Fsp3) is 0.889. The van der Waals surface area contributed by atoms with Crippen molar-refractivity contribution in [2.75, 3.05) is 28.4 Å². The SMILES string of the molecule is C=C(C)[C@@H]1CC2C(OC)C3CC(OC)CC(OC)C3N(C)C2O1. The van der Waals surface area contributed by atoms with Crippen LogP contribution in [0.3, 0.4) is 0 Å². The van der Waals surface area contributed by atoms with E-state index in [9.17, 15) is 0 Å². The number of fused-ring (bicyclic) bond motifs is 2. The van der Waals surface area contributed by atoms with Crippen molar-refractivity contribution in [2.24, 2.45) is 11.8 Å². The standard InChI is InChI=1S/C18H31NO4/c1-10(2)14-9-13-17(22-6)12-7-11(20-4)8-15(21-5)16(12)19(3)18(13)23-14/h11-18H,1,7-9H2,2-6H3/t11?,12?,13?,14-,15?,16?,17?,18?/m0/s1. The molecule has 5 heteroatoms. The number of nitrogens with zero attached hydrogens (tertiary/aromatic N) is 1. The number of rotatable bonds is 4. The fourth-order valence-electron chi connectivity index (χ4n) is 5.07. The van der Waals surface area contributed by atoms with Gasteiger partial charge in [-0.3, -0.25) is 4.90 Å². The predicted molar refractivity (Wildman–Crippen MR) is 88.2 cm³/mol. The molecule has 7 unspecified atom stereocenters. The molecule has 2 aliphatic heterocycles. The first-order valence-electron chi connectivity index (χ1n) is 8.63. The highest BCUT2D eigenvalue weighted by Gasteiger charge is 2.57. The number of ether oxygens (including phenoxy) is 4. The number of likely N-dealkylation sites (N-methyl/N-ethyl adjacent to an activating group) is 1. The molecule has 132 valence electrons. The number of hydrogen-bond donors (Lipinski definition) is 0. The van der Waals surface area contributed by atoms with E-state index >= 15 is 0 Å². The Labute approximate surface area is 139 Å². The van der Waals surface area contributed by atoms with E-state index in [4.69, 9.17) is 18.9 Å². The van der Waals surface area contributed by atoms with Crippen molar-refractivity contribution in [3.63, 3.8) is 0 Å². The van der Waals surface area contributed by atoms with Crippen LogP contribution in [-0.4, -0.2) is 70.0 Å². The zero-order chi connectivity index (χ0) is 16.7. The molecule has 0 radical (unpaired) electrons. The van der Waals surface area contributed by atoms with Crippen LogP contribution in [0.2, 0.25) is 0 Å². The van der Waals surface area contributed by atoms with Crippen molar-refractivity contribution in [3.05, 3.63) is 12.2 Å². The van der Waals surface area contributed by atoms with Gasteiger partial charge in [0.05, 0.1) is 24.4 Å². The van der Waals surface area contributed by atoms with Gasteiger partial charge in [-0.25, -0.2) is 0 Å². The number of hydrogen-bond acceptors (Lipinski definition) is 5. The monoisotopic (exact) mass is 325 g/mol. The van der Waals surface area contributed by atoms with Crippen LogP contribution in [0.15, 0.2) is 12.2 Å². The molecule has 2 saturated heterocycles. The van der Waals surface area contributed by atoms with E-state index in [0.29, 0.717) is 17.9 Å². The summed E-state index contributed by atoms with van der Waals surface area (Å²) in [5.41, 5.74) is 1.10. The van der Waals surface area contributed by atoms with Crippen molar-refractivity contribution in [1.82, 2.24) is 4.90 Å². The van der Waals surface area contributed by atoms with Crippen molar-refractivity contribution >= 4 is 0 Å². The Morgan fingerprint density at radius 1 is 1.04 bits per heavy atom. The second-order valence-electron chi connectivity index (χ2n) is 7.38. The zero-order valence-corrected chi connectivity index (χ0v) is 15.0. The maximum absolute atomic E-state index is 6.33. The molecule has 1 aliphatic carbocycles. The lowest BCUT2D eigenvalue weighted by Gasteiger charge is -2.54. The van der Waals surface area contributed by atoms with E-state index in [1.807, 2.05) is 7.11 Å². The van der Waals surface area contributed by atoms with Gasteiger partial charge in [-0.1, -0.05) is 12.2 Å². The topological polar surface area (TPSA) is 40.2 Å². The summed E-state index contributed by atoms with van der Waals surface area (Å²) in [5, 5.41) is 0. The minimum Gasteiger partial charge on any atom is -0.381 e. The van der Waals surface area contributed by atoms with Gasteiger partial charge in [0.15, 0.2) is 0 Å². The minimum absolute atomic E-state index is 0.0830. The van der Waals surface area contributed by atoms with Crippen LogP contribution in [0.25, 0.3) is 0 Å². The number of likely N-dealkylation sites (tertiary alicyclic amines) is 1. The fourth-order valence-corrected chi connectivity index (χ4v) is 5.07. The van der Waals surface area contributed by atoms with E-state index in [1.165, 1.54) is 0 Å². The number of methoxy groups -OCH3 is 3. The molecule has 3 fully saturated rings. The maximum atomic E-state index is 6.33. The lowest BCUT2D eigenvalue weighted by molar-refractivity contribution is -0.206. The molecule has 0 aromatic heterocycles. The summed E-state index contributed by atoms with van der Waals surface area (Å²) in [6, 6.07) is 0.307. The molecule has 3 rings (SSSR count).